The highest BCUT2D eigenvalue weighted by Gasteiger charge is 2.19. The van der Waals surface area contributed by atoms with Gasteiger partial charge in [0.2, 0.25) is 15.9 Å². The number of nitrogens with one attached hydrogen (secondary N) is 1. The Kier molecular flexibility index (Phi) is 6.40. The minimum atomic E-state index is -3.61. The maximum atomic E-state index is 12.5. The van der Waals surface area contributed by atoms with E-state index in [0.29, 0.717) is 0 Å². The Bertz CT molecular complexity index is 1040. The first-order valence-electron chi connectivity index (χ1n) is 9.14. The second-order valence-electron chi connectivity index (χ2n) is 6.57. The van der Waals surface area contributed by atoms with Crippen molar-refractivity contribution in [3.63, 3.8) is 0 Å². The van der Waals surface area contributed by atoms with E-state index < -0.39 is 10.0 Å². The fraction of sp³-hybridized carbons (Fsp3) is 0.250. The molecule has 0 aliphatic carbocycles. The van der Waals surface area contributed by atoms with Gasteiger partial charge in [-0.05, 0) is 36.8 Å². The molecule has 0 aliphatic rings. The molecule has 0 aliphatic heterocycles. The van der Waals surface area contributed by atoms with E-state index in [1.165, 1.54) is 18.5 Å². The molecule has 8 nitrogen and oxygen atoms in total. The number of hydrogen-bond acceptors (Lipinski definition) is 5. The molecule has 0 saturated heterocycles. The summed E-state index contributed by atoms with van der Waals surface area (Å²) < 4.78 is 28.6. The van der Waals surface area contributed by atoms with Crippen LogP contribution >= 0.6 is 0 Å². The van der Waals surface area contributed by atoms with Crippen LogP contribution in [0.5, 0.6) is 0 Å². The van der Waals surface area contributed by atoms with Crippen molar-refractivity contribution in [1.29, 1.82) is 0 Å². The van der Waals surface area contributed by atoms with Gasteiger partial charge in [0.1, 0.15) is 12.7 Å². The molecule has 2 aromatic carbocycles. The molecule has 0 fully saturated rings. The predicted molar refractivity (Wildman–Crippen MR) is 109 cm³/mol. The second kappa shape index (κ2) is 8.97. The highest BCUT2D eigenvalue weighted by molar-refractivity contribution is 7.89. The molecule has 1 atom stereocenters. The van der Waals surface area contributed by atoms with E-state index in [9.17, 15) is 13.2 Å². The molecule has 0 radical (unpaired) electrons. The summed E-state index contributed by atoms with van der Waals surface area (Å²) in [7, 11) is -1.90. The Balaban J connectivity index is 1.55. The molecule has 1 N–H and O–H groups in total. The number of hydrogen-bond donors (Lipinski definition) is 1. The Hall–Kier alpha value is -3.04. The van der Waals surface area contributed by atoms with Crippen molar-refractivity contribution >= 4 is 15.9 Å². The minimum Gasteiger partial charge on any atom is -0.339 e. The summed E-state index contributed by atoms with van der Waals surface area (Å²) in [6.45, 7) is 1.97. The van der Waals surface area contributed by atoms with Gasteiger partial charge in [-0.1, -0.05) is 30.3 Å². The van der Waals surface area contributed by atoms with Gasteiger partial charge in [-0.2, -0.15) is 5.10 Å². The van der Waals surface area contributed by atoms with Crippen LogP contribution in [0.25, 0.3) is 5.69 Å². The summed E-state index contributed by atoms with van der Waals surface area (Å²) in [5.41, 5.74) is 1.84. The van der Waals surface area contributed by atoms with Crippen LogP contribution in [-0.4, -0.2) is 47.6 Å². The van der Waals surface area contributed by atoms with Gasteiger partial charge in [0.25, 0.3) is 0 Å². The molecular formula is C20H23N5O3S. The summed E-state index contributed by atoms with van der Waals surface area (Å²) in [6.07, 6.45) is 3.16. The van der Waals surface area contributed by atoms with Crippen molar-refractivity contribution in [3.8, 4) is 5.69 Å². The van der Waals surface area contributed by atoms with Crippen molar-refractivity contribution in [3.05, 3.63) is 72.8 Å². The van der Waals surface area contributed by atoms with Crippen LogP contribution in [0.2, 0.25) is 0 Å². The van der Waals surface area contributed by atoms with Gasteiger partial charge in [-0.3, -0.25) is 4.79 Å². The zero-order valence-electron chi connectivity index (χ0n) is 16.3. The minimum absolute atomic E-state index is 0.0400. The average Bonchev–Trinajstić information content (AvgIpc) is 3.28. The quantitative estimate of drug-likeness (QED) is 0.610. The zero-order chi connectivity index (χ0) is 20.9. The predicted octanol–water partition coefficient (Wildman–Crippen LogP) is 2.16. The highest BCUT2D eigenvalue weighted by atomic mass is 32.2. The summed E-state index contributed by atoms with van der Waals surface area (Å²) in [5.74, 6) is -0.145. The van der Waals surface area contributed by atoms with Crippen molar-refractivity contribution in [2.75, 3.05) is 13.6 Å². The normalized spacial score (nSPS) is 12.5. The van der Waals surface area contributed by atoms with Crippen LogP contribution in [0.3, 0.4) is 0 Å². The molecule has 0 spiro atoms. The van der Waals surface area contributed by atoms with E-state index in [0.717, 1.165) is 11.3 Å². The van der Waals surface area contributed by atoms with E-state index in [-0.39, 0.29) is 29.8 Å². The first kappa shape index (κ1) is 20.7. The lowest BCUT2D eigenvalue weighted by Crippen LogP contribution is -2.33. The molecule has 3 rings (SSSR count). The van der Waals surface area contributed by atoms with E-state index in [1.54, 1.807) is 41.2 Å². The van der Waals surface area contributed by atoms with E-state index >= 15 is 0 Å². The van der Waals surface area contributed by atoms with Crippen LogP contribution < -0.4 is 4.72 Å². The number of rotatable bonds is 8. The van der Waals surface area contributed by atoms with Crippen molar-refractivity contribution < 1.29 is 13.2 Å². The third kappa shape index (κ3) is 5.07. The van der Waals surface area contributed by atoms with Gasteiger partial charge in [-0.15, -0.1) is 0 Å². The van der Waals surface area contributed by atoms with Crippen molar-refractivity contribution in [1.82, 2.24) is 24.4 Å². The molecule has 152 valence electrons. The average molecular weight is 414 g/mol. The summed E-state index contributed by atoms with van der Waals surface area (Å²) in [5, 5.41) is 4.08. The Morgan fingerprint density at radius 3 is 2.45 bits per heavy atom. The van der Waals surface area contributed by atoms with Crippen LogP contribution in [0, 0.1) is 0 Å². The summed E-state index contributed by atoms with van der Waals surface area (Å²) in [4.78, 5) is 18.2. The standard InChI is InChI=1S/C20H23N5O3S/c1-16(17-8-10-18(11-9-17)25-15-21-14-22-25)24(2)20(26)12-13-23-29(27,28)19-6-4-3-5-7-19/h3-11,14-16,23H,12-13H2,1-2H3/t16-/m1/s1. The smallest absolute Gasteiger partial charge is 0.240 e. The number of amides is 1. The van der Waals surface area contributed by atoms with Crippen LogP contribution in [0.15, 0.2) is 72.1 Å². The largest absolute Gasteiger partial charge is 0.339 e. The molecule has 0 bridgehead atoms. The Morgan fingerprint density at radius 1 is 1.14 bits per heavy atom. The van der Waals surface area contributed by atoms with Gasteiger partial charge in [0, 0.05) is 20.0 Å². The molecule has 29 heavy (non-hydrogen) atoms. The third-order valence-electron chi connectivity index (χ3n) is 4.72. The van der Waals surface area contributed by atoms with Gasteiger partial charge in [0.15, 0.2) is 0 Å². The Labute approximate surface area is 170 Å². The lowest BCUT2D eigenvalue weighted by atomic mass is 10.1. The molecule has 0 unspecified atom stereocenters. The molecule has 0 saturated carbocycles. The SMILES string of the molecule is C[C@H](c1ccc(-n2cncn2)cc1)N(C)C(=O)CCNS(=O)(=O)c1ccccc1. The lowest BCUT2D eigenvalue weighted by Gasteiger charge is -2.25. The number of sulfonamides is 1. The number of aromatic nitrogens is 3. The summed E-state index contributed by atoms with van der Waals surface area (Å²) in [6, 6.07) is 15.6. The first-order chi connectivity index (χ1) is 13.9. The molecule has 1 amide bonds. The maximum absolute atomic E-state index is 12.5. The van der Waals surface area contributed by atoms with Crippen molar-refractivity contribution in [2.45, 2.75) is 24.3 Å². The van der Waals surface area contributed by atoms with Gasteiger partial charge < -0.3 is 4.90 Å². The molecule has 9 heteroatoms. The summed E-state index contributed by atoms with van der Waals surface area (Å²) >= 11 is 0. The fourth-order valence-corrected chi connectivity index (χ4v) is 3.89. The number of carbonyl (C=O) groups excluding carboxylic acids is 1. The van der Waals surface area contributed by atoms with E-state index in [1.807, 2.05) is 31.2 Å². The molecule has 3 aromatic rings. The van der Waals surface area contributed by atoms with Gasteiger partial charge in [-0.25, -0.2) is 22.8 Å². The van der Waals surface area contributed by atoms with Gasteiger partial charge >= 0.3 is 0 Å². The molecule has 1 heterocycles. The van der Waals surface area contributed by atoms with Crippen LogP contribution in [0.4, 0.5) is 0 Å². The van der Waals surface area contributed by atoms with E-state index in [2.05, 4.69) is 14.8 Å². The lowest BCUT2D eigenvalue weighted by molar-refractivity contribution is -0.131. The van der Waals surface area contributed by atoms with E-state index in [4.69, 9.17) is 0 Å². The third-order valence-corrected chi connectivity index (χ3v) is 6.19. The highest BCUT2D eigenvalue weighted by Crippen LogP contribution is 2.21. The number of nitrogens with zero attached hydrogens (tertiary/aromatic N) is 4. The zero-order valence-corrected chi connectivity index (χ0v) is 17.1. The van der Waals surface area contributed by atoms with Crippen LogP contribution in [-0.2, 0) is 14.8 Å². The van der Waals surface area contributed by atoms with Gasteiger partial charge in [0.05, 0.1) is 16.6 Å². The molecular weight excluding hydrogens is 390 g/mol. The first-order valence-corrected chi connectivity index (χ1v) is 10.6. The second-order valence-corrected chi connectivity index (χ2v) is 8.34. The van der Waals surface area contributed by atoms with Crippen molar-refractivity contribution in [2.24, 2.45) is 0 Å². The monoisotopic (exact) mass is 413 g/mol. The maximum Gasteiger partial charge on any atom is 0.240 e. The molecule has 1 aromatic heterocycles. The Morgan fingerprint density at radius 2 is 1.83 bits per heavy atom. The number of benzene rings is 2. The topological polar surface area (TPSA) is 97.2 Å². The fourth-order valence-electron chi connectivity index (χ4n) is 2.84. The number of carbonyl (C=O) groups is 1. The van der Waals surface area contributed by atoms with Crippen LogP contribution in [0.1, 0.15) is 24.9 Å².